The van der Waals surface area contributed by atoms with Gasteiger partial charge in [-0.1, -0.05) is 6.42 Å². The summed E-state index contributed by atoms with van der Waals surface area (Å²) in [6, 6.07) is 2.22. The summed E-state index contributed by atoms with van der Waals surface area (Å²) in [7, 11) is 0. The number of nitrogens with zero attached hydrogens (tertiary/aromatic N) is 2. The van der Waals surface area contributed by atoms with Gasteiger partial charge in [0.05, 0.1) is 6.04 Å². The third-order valence-electron chi connectivity index (χ3n) is 3.06. The molecule has 0 aliphatic carbocycles. The molecule has 1 unspecified atom stereocenters. The lowest BCUT2D eigenvalue weighted by Gasteiger charge is -2.31. The van der Waals surface area contributed by atoms with Gasteiger partial charge in [0.25, 0.3) is 0 Å². The summed E-state index contributed by atoms with van der Waals surface area (Å²) in [6.45, 7) is 2.80. The van der Waals surface area contributed by atoms with Gasteiger partial charge in [-0.25, -0.2) is 10.4 Å². The van der Waals surface area contributed by atoms with Crippen LogP contribution in [0.3, 0.4) is 0 Å². The minimum absolute atomic E-state index is 0.151. The smallest absolute Gasteiger partial charge is 0.0602 e. The van der Waals surface area contributed by atoms with E-state index in [4.69, 9.17) is 5.73 Å². The molecule has 5 heteroatoms. The van der Waals surface area contributed by atoms with Crippen LogP contribution in [0.15, 0.2) is 22.9 Å². The van der Waals surface area contributed by atoms with E-state index >= 15 is 0 Å². The van der Waals surface area contributed by atoms with Crippen LogP contribution in [-0.2, 0) is 0 Å². The van der Waals surface area contributed by atoms with Crippen LogP contribution < -0.4 is 11.2 Å². The summed E-state index contributed by atoms with van der Waals surface area (Å²) >= 11 is 3.44. The number of halogens is 1. The highest BCUT2D eigenvalue weighted by Crippen LogP contribution is 2.17. The van der Waals surface area contributed by atoms with Gasteiger partial charge in [-0.05, 0) is 40.4 Å². The Kier molecular flexibility index (Phi) is 4.91. The molecule has 0 bridgehead atoms. The van der Waals surface area contributed by atoms with Crippen molar-refractivity contribution in [3.05, 3.63) is 28.5 Å². The fourth-order valence-corrected chi connectivity index (χ4v) is 2.51. The van der Waals surface area contributed by atoms with Gasteiger partial charge in [0.2, 0.25) is 0 Å². The number of hydrazine groups is 1. The molecule has 1 aromatic rings. The highest BCUT2D eigenvalue weighted by Gasteiger charge is 2.16. The highest BCUT2D eigenvalue weighted by atomic mass is 79.9. The molecule has 2 rings (SSSR count). The number of hydrogen-bond acceptors (Lipinski definition) is 4. The van der Waals surface area contributed by atoms with Crippen molar-refractivity contribution in [3.8, 4) is 0 Å². The fraction of sp³-hybridized carbons (Fsp3) is 0.583. The summed E-state index contributed by atoms with van der Waals surface area (Å²) in [5, 5.41) is 2.28. The molecule has 1 saturated heterocycles. The van der Waals surface area contributed by atoms with E-state index < -0.39 is 0 Å². The van der Waals surface area contributed by atoms with Crippen LogP contribution >= 0.6 is 15.9 Å². The van der Waals surface area contributed by atoms with Crippen LogP contribution in [0.1, 0.15) is 30.9 Å². The number of nitrogens with one attached hydrogen (secondary N) is 1. The largest absolute Gasteiger partial charge is 0.329 e. The molecule has 1 aromatic heterocycles. The average Bonchev–Trinajstić information content (AvgIpc) is 2.37. The van der Waals surface area contributed by atoms with Crippen molar-refractivity contribution in [2.45, 2.75) is 25.3 Å². The number of aromatic nitrogens is 1. The van der Waals surface area contributed by atoms with Gasteiger partial charge in [0.1, 0.15) is 0 Å². The Bertz CT molecular complexity index is 352. The van der Waals surface area contributed by atoms with Crippen LogP contribution in [0.4, 0.5) is 0 Å². The molecule has 0 aromatic carbocycles. The molecule has 1 fully saturated rings. The molecule has 1 aliphatic rings. The predicted octanol–water partition coefficient (Wildman–Crippen LogP) is 1.83. The standard InChI is InChI=1S/C12H19BrN4/c13-11-6-10(8-15-9-11)12(7-14)16-17-4-2-1-3-5-17/h6,8-9,12,16H,1-5,7,14H2. The molecule has 0 spiro atoms. The van der Waals surface area contributed by atoms with Gasteiger partial charge < -0.3 is 5.73 Å². The van der Waals surface area contributed by atoms with E-state index in [0.717, 1.165) is 23.1 Å². The molecule has 0 amide bonds. The number of piperidine rings is 1. The Morgan fingerprint density at radius 1 is 1.35 bits per heavy atom. The van der Waals surface area contributed by atoms with Gasteiger partial charge in [-0.15, -0.1) is 0 Å². The second-order valence-electron chi connectivity index (χ2n) is 4.40. The Labute approximate surface area is 111 Å². The third-order valence-corrected chi connectivity index (χ3v) is 3.49. The first-order chi connectivity index (χ1) is 8.29. The van der Waals surface area contributed by atoms with Gasteiger partial charge in [0, 0.05) is 36.5 Å². The fourth-order valence-electron chi connectivity index (χ4n) is 2.13. The van der Waals surface area contributed by atoms with Gasteiger partial charge >= 0.3 is 0 Å². The lowest BCUT2D eigenvalue weighted by molar-refractivity contribution is 0.130. The van der Waals surface area contributed by atoms with Crippen LogP contribution in [0.2, 0.25) is 0 Å². The van der Waals surface area contributed by atoms with E-state index in [1.807, 2.05) is 6.20 Å². The number of nitrogens with two attached hydrogens (primary N) is 1. The molecule has 3 N–H and O–H groups in total. The first kappa shape index (κ1) is 13.0. The maximum Gasteiger partial charge on any atom is 0.0602 e. The predicted molar refractivity (Wildman–Crippen MR) is 72.3 cm³/mol. The van der Waals surface area contributed by atoms with E-state index in [0.29, 0.717) is 6.54 Å². The normalized spacial score (nSPS) is 19.2. The number of pyridine rings is 1. The van der Waals surface area contributed by atoms with Crippen LogP contribution in [0, 0.1) is 0 Å². The van der Waals surface area contributed by atoms with Crippen LogP contribution in [-0.4, -0.2) is 29.6 Å². The van der Waals surface area contributed by atoms with Crippen molar-refractivity contribution >= 4 is 15.9 Å². The SMILES string of the molecule is NCC(NN1CCCCC1)c1cncc(Br)c1. The molecule has 4 nitrogen and oxygen atoms in total. The van der Waals surface area contributed by atoms with Crippen molar-refractivity contribution < 1.29 is 0 Å². The summed E-state index contributed by atoms with van der Waals surface area (Å²) < 4.78 is 0.994. The number of hydrogen-bond donors (Lipinski definition) is 2. The summed E-state index contributed by atoms with van der Waals surface area (Å²) in [4.78, 5) is 4.19. The molecule has 94 valence electrons. The van der Waals surface area contributed by atoms with Crippen molar-refractivity contribution in [2.24, 2.45) is 5.73 Å². The second-order valence-corrected chi connectivity index (χ2v) is 5.32. The molecule has 1 aliphatic heterocycles. The van der Waals surface area contributed by atoms with E-state index in [1.54, 1.807) is 6.20 Å². The maximum atomic E-state index is 5.84. The quantitative estimate of drug-likeness (QED) is 0.890. The second kappa shape index (κ2) is 6.44. The van der Waals surface area contributed by atoms with E-state index in [2.05, 4.69) is 37.4 Å². The molecular formula is C12H19BrN4. The van der Waals surface area contributed by atoms with Crippen molar-refractivity contribution in [1.82, 2.24) is 15.4 Å². The van der Waals surface area contributed by atoms with Crippen molar-refractivity contribution in [2.75, 3.05) is 19.6 Å². The Morgan fingerprint density at radius 3 is 2.76 bits per heavy atom. The number of rotatable bonds is 4. The maximum absolute atomic E-state index is 5.84. The van der Waals surface area contributed by atoms with E-state index in [9.17, 15) is 0 Å². The van der Waals surface area contributed by atoms with Gasteiger partial charge in [0.15, 0.2) is 0 Å². The van der Waals surface area contributed by atoms with Crippen LogP contribution in [0.5, 0.6) is 0 Å². The lowest BCUT2D eigenvalue weighted by atomic mass is 10.1. The van der Waals surface area contributed by atoms with Gasteiger partial charge in [-0.3, -0.25) is 4.98 Å². The van der Waals surface area contributed by atoms with E-state index in [1.165, 1.54) is 19.3 Å². The lowest BCUT2D eigenvalue weighted by Crippen LogP contribution is -2.45. The minimum atomic E-state index is 0.151. The van der Waals surface area contributed by atoms with E-state index in [-0.39, 0.29) is 6.04 Å². The van der Waals surface area contributed by atoms with Crippen molar-refractivity contribution in [3.63, 3.8) is 0 Å². The molecule has 2 heterocycles. The first-order valence-corrected chi connectivity index (χ1v) is 6.90. The third kappa shape index (κ3) is 3.74. The van der Waals surface area contributed by atoms with Gasteiger partial charge in [-0.2, -0.15) is 0 Å². The summed E-state index contributed by atoms with van der Waals surface area (Å²) in [5.41, 5.74) is 10.5. The molecular weight excluding hydrogens is 280 g/mol. The average molecular weight is 299 g/mol. The molecule has 0 radical (unpaired) electrons. The summed E-state index contributed by atoms with van der Waals surface area (Å²) in [6.07, 6.45) is 7.53. The minimum Gasteiger partial charge on any atom is -0.329 e. The molecule has 1 atom stereocenters. The summed E-state index contributed by atoms with van der Waals surface area (Å²) in [5.74, 6) is 0. The van der Waals surface area contributed by atoms with Crippen molar-refractivity contribution in [1.29, 1.82) is 0 Å². The highest BCUT2D eigenvalue weighted by molar-refractivity contribution is 9.10. The molecule has 0 saturated carbocycles. The zero-order chi connectivity index (χ0) is 12.1. The first-order valence-electron chi connectivity index (χ1n) is 6.11. The zero-order valence-electron chi connectivity index (χ0n) is 9.90. The zero-order valence-corrected chi connectivity index (χ0v) is 11.5. The molecule has 17 heavy (non-hydrogen) atoms. The topological polar surface area (TPSA) is 54.2 Å². The monoisotopic (exact) mass is 298 g/mol. The van der Waals surface area contributed by atoms with Crippen LogP contribution in [0.25, 0.3) is 0 Å². The Morgan fingerprint density at radius 2 is 2.12 bits per heavy atom. The Hall–Kier alpha value is -0.490. The Balaban J connectivity index is 2.00.